The summed E-state index contributed by atoms with van der Waals surface area (Å²) in [5, 5.41) is 7.56. The molecule has 2 aliphatic rings. The number of hydrogen-bond donors (Lipinski definition) is 0. The van der Waals surface area contributed by atoms with Crippen molar-refractivity contribution in [2.45, 2.75) is 51.4 Å². The molecule has 1 saturated heterocycles. The molecule has 0 radical (unpaired) electrons. The van der Waals surface area contributed by atoms with Gasteiger partial charge in [-0.15, -0.1) is 16.4 Å². The minimum atomic E-state index is 0.0611. The molecule has 4 rings (SSSR count). The maximum Gasteiger partial charge on any atom is 0.225 e. The van der Waals surface area contributed by atoms with Crippen LogP contribution < -0.4 is 4.90 Å². The standard InChI is InChI=1S/C16H20N4OS3/c1-11(21)20(12-6-7-12)15-17-19(16(22)24-15)10-18-8-2-4-13(18)14-5-3-9-23-14/h3,5,9,12-13H,2,4,6-8,10H2,1H3/t13-/m0/s1. The van der Waals surface area contributed by atoms with Gasteiger partial charge >= 0.3 is 0 Å². The molecule has 2 aromatic heterocycles. The van der Waals surface area contributed by atoms with Crippen molar-refractivity contribution in [3.05, 3.63) is 26.3 Å². The summed E-state index contributed by atoms with van der Waals surface area (Å²) in [6.45, 7) is 3.38. The smallest absolute Gasteiger partial charge is 0.225 e. The van der Waals surface area contributed by atoms with E-state index in [0.717, 1.165) is 28.5 Å². The van der Waals surface area contributed by atoms with Crippen molar-refractivity contribution in [2.24, 2.45) is 0 Å². The van der Waals surface area contributed by atoms with Crippen LogP contribution in [0.25, 0.3) is 0 Å². The third kappa shape index (κ3) is 3.20. The van der Waals surface area contributed by atoms with Gasteiger partial charge in [0.05, 0.1) is 6.67 Å². The van der Waals surface area contributed by atoms with Gasteiger partial charge in [-0.1, -0.05) is 17.4 Å². The number of carbonyl (C=O) groups excluding carboxylic acids is 1. The van der Waals surface area contributed by atoms with Crippen LogP contribution in [0.15, 0.2) is 17.5 Å². The van der Waals surface area contributed by atoms with Gasteiger partial charge in [0.2, 0.25) is 11.0 Å². The lowest BCUT2D eigenvalue weighted by molar-refractivity contribution is -0.116. The number of aromatic nitrogens is 2. The van der Waals surface area contributed by atoms with Crippen molar-refractivity contribution in [1.82, 2.24) is 14.7 Å². The second-order valence-electron chi connectivity index (χ2n) is 6.40. The van der Waals surface area contributed by atoms with Crippen molar-refractivity contribution in [1.29, 1.82) is 0 Å². The first-order chi connectivity index (χ1) is 11.6. The van der Waals surface area contributed by atoms with Gasteiger partial charge in [-0.05, 0) is 49.3 Å². The number of nitrogens with zero attached hydrogens (tertiary/aromatic N) is 4. The molecule has 0 aromatic carbocycles. The van der Waals surface area contributed by atoms with Crippen molar-refractivity contribution in [2.75, 3.05) is 11.4 Å². The van der Waals surface area contributed by atoms with Crippen molar-refractivity contribution >= 4 is 45.9 Å². The number of anilines is 1. The maximum atomic E-state index is 11.9. The fraction of sp³-hybridized carbons (Fsp3) is 0.562. The van der Waals surface area contributed by atoms with Crippen LogP contribution in [0.3, 0.4) is 0 Å². The van der Waals surface area contributed by atoms with Gasteiger partial charge < -0.3 is 0 Å². The lowest BCUT2D eigenvalue weighted by atomic mass is 10.2. The van der Waals surface area contributed by atoms with Crippen LogP contribution in [0.5, 0.6) is 0 Å². The van der Waals surface area contributed by atoms with Gasteiger partial charge in [-0.3, -0.25) is 14.6 Å². The second kappa shape index (κ2) is 6.67. The molecular weight excluding hydrogens is 360 g/mol. The molecule has 2 aromatic rings. The third-order valence-corrected chi connectivity index (χ3v) is 6.88. The molecule has 1 atom stereocenters. The summed E-state index contributed by atoms with van der Waals surface area (Å²) in [5.41, 5.74) is 0. The summed E-state index contributed by atoms with van der Waals surface area (Å²) < 4.78 is 2.63. The number of likely N-dealkylation sites (tertiary alicyclic amines) is 1. The average molecular weight is 381 g/mol. The third-order valence-electron chi connectivity index (χ3n) is 4.60. The predicted molar refractivity (Wildman–Crippen MR) is 100 cm³/mol. The van der Waals surface area contributed by atoms with Gasteiger partial charge in [0.1, 0.15) is 0 Å². The number of rotatable bonds is 5. The summed E-state index contributed by atoms with van der Waals surface area (Å²) in [7, 11) is 0. The first-order valence-corrected chi connectivity index (χ1v) is 10.4. The van der Waals surface area contributed by atoms with E-state index in [9.17, 15) is 4.79 Å². The first kappa shape index (κ1) is 16.4. The van der Waals surface area contributed by atoms with E-state index >= 15 is 0 Å². The van der Waals surface area contributed by atoms with E-state index in [4.69, 9.17) is 12.2 Å². The molecule has 3 heterocycles. The Balaban J connectivity index is 1.54. The van der Waals surface area contributed by atoms with Crippen LogP contribution in [-0.2, 0) is 11.5 Å². The first-order valence-electron chi connectivity index (χ1n) is 8.28. The Morgan fingerprint density at radius 3 is 2.96 bits per heavy atom. The van der Waals surface area contributed by atoms with E-state index in [-0.39, 0.29) is 5.91 Å². The lowest BCUT2D eigenvalue weighted by Gasteiger charge is -2.23. The van der Waals surface area contributed by atoms with E-state index in [1.807, 2.05) is 20.9 Å². The molecule has 128 valence electrons. The Kier molecular flexibility index (Phi) is 4.55. The van der Waals surface area contributed by atoms with Crippen LogP contribution in [0, 0.1) is 3.95 Å². The second-order valence-corrected chi connectivity index (χ2v) is 8.98. The summed E-state index contributed by atoms with van der Waals surface area (Å²) in [6, 6.07) is 5.11. The van der Waals surface area contributed by atoms with E-state index in [1.54, 1.807) is 6.92 Å². The SMILES string of the molecule is CC(=O)N(c1nn(CN2CCC[C@H]2c2cccs2)c(=S)s1)C1CC1. The van der Waals surface area contributed by atoms with E-state index in [1.165, 1.54) is 29.1 Å². The number of amides is 1. The Morgan fingerprint density at radius 1 is 1.46 bits per heavy atom. The fourth-order valence-corrected chi connectivity index (χ4v) is 5.43. The molecule has 0 spiro atoms. The highest BCUT2D eigenvalue weighted by Gasteiger charge is 2.34. The molecule has 1 amide bonds. The van der Waals surface area contributed by atoms with Crippen molar-refractivity contribution in [3.63, 3.8) is 0 Å². The zero-order chi connectivity index (χ0) is 16.7. The van der Waals surface area contributed by atoms with Crippen LogP contribution >= 0.6 is 34.9 Å². The quantitative estimate of drug-likeness (QED) is 0.734. The lowest BCUT2D eigenvalue weighted by Crippen LogP contribution is -2.31. The van der Waals surface area contributed by atoms with Gasteiger partial charge in [0.15, 0.2) is 3.95 Å². The zero-order valence-corrected chi connectivity index (χ0v) is 16.0. The Hall–Kier alpha value is -1.09. The van der Waals surface area contributed by atoms with Gasteiger partial charge in [-0.25, -0.2) is 4.68 Å². The molecule has 1 aliphatic carbocycles. The highest BCUT2D eigenvalue weighted by atomic mass is 32.1. The Morgan fingerprint density at radius 2 is 2.29 bits per heavy atom. The molecule has 1 saturated carbocycles. The largest absolute Gasteiger partial charge is 0.284 e. The zero-order valence-electron chi connectivity index (χ0n) is 13.6. The molecule has 0 N–H and O–H groups in total. The van der Waals surface area contributed by atoms with Crippen LogP contribution in [0.4, 0.5) is 5.13 Å². The van der Waals surface area contributed by atoms with Gasteiger partial charge in [-0.2, -0.15) is 0 Å². The minimum absolute atomic E-state index is 0.0611. The van der Waals surface area contributed by atoms with Gasteiger partial charge in [0, 0.05) is 30.4 Å². The summed E-state index contributed by atoms with van der Waals surface area (Å²) in [4.78, 5) is 17.6. The topological polar surface area (TPSA) is 41.4 Å². The monoisotopic (exact) mass is 380 g/mol. The van der Waals surface area contributed by atoms with Crippen LogP contribution in [-0.4, -0.2) is 33.2 Å². The van der Waals surface area contributed by atoms with E-state index in [0.29, 0.717) is 18.8 Å². The van der Waals surface area contributed by atoms with E-state index in [2.05, 4.69) is 27.5 Å². The van der Waals surface area contributed by atoms with Crippen LogP contribution in [0.1, 0.15) is 43.5 Å². The Labute approximate surface area is 154 Å². The molecule has 24 heavy (non-hydrogen) atoms. The maximum absolute atomic E-state index is 11.9. The molecule has 5 nitrogen and oxygen atoms in total. The molecule has 0 bridgehead atoms. The summed E-state index contributed by atoms with van der Waals surface area (Å²) in [5.74, 6) is 0.0611. The number of hydrogen-bond acceptors (Lipinski definition) is 6. The highest BCUT2D eigenvalue weighted by Crippen LogP contribution is 2.36. The minimum Gasteiger partial charge on any atom is -0.284 e. The number of thiophene rings is 1. The molecule has 1 aliphatic heterocycles. The normalized spacial score (nSPS) is 21.3. The van der Waals surface area contributed by atoms with Crippen molar-refractivity contribution in [3.8, 4) is 0 Å². The molecule has 0 unspecified atom stereocenters. The van der Waals surface area contributed by atoms with E-state index < -0.39 is 0 Å². The fourth-order valence-electron chi connectivity index (χ4n) is 3.33. The summed E-state index contributed by atoms with van der Waals surface area (Å²) >= 11 is 8.78. The molecular formula is C16H20N4OS3. The van der Waals surface area contributed by atoms with Gasteiger partial charge in [0.25, 0.3) is 0 Å². The highest BCUT2D eigenvalue weighted by molar-refractivity contribution is 7.73. The van der Waals surface area contributed by atoms with Crippen LogP contribution in [0.2, 0.25) is 0 Å². The average Bonchev–Trinajstić information content (AvgIpc) is 2.95. The Bertz CT molecular complexity index is 778. The summed E-state index contributed by atoms with van der Waals surface area (Å²) in [6.07, 6.45) is 4.53. The molecule has 2 fully saturated rings. The number of carbonyl (C=O) groups is 1. The molecule has 8 heteroatoms. The van der Waals surface area contributed by atoms with Crippen molar-refractivity contribution < 1.29 is 4.79 Å². The predicted octanol–water partition coefficient (Wildman–Crippen LogP) is 4.05.